The number of nitrogens with zero attached hydrogens (tertiary/aromatic N) is 2. The molecule has 2 heterocycles. The quantitative estimate of drug-likeness (QED) is 0.685. The molecule has 16 heavy (non-hydrogen) atoms. The lowest BCUT2D eigenvalue weighted by Gasteiger charge is -2.27. The number of carbonyl (C=O) groups is 2. The van der Waals surface area contributed by atoms with Crippen LogP contribution in [-0.2, 0) is 14.4 Å². The van der Waals surface area contributed by atoms with Crippen molar-refractivity contribution in [2.24, 2.45) is 5.92 Å². The molecule has 0 radical (unpaired) electrons. The Morgan fingerprint density at radius 3 is 2.88 bits per heavy atom. The van der Waals surface area contributed by atoms with Crippen LogP contribution in [0.15, 0.2) is 0 Å². The van der Waals surface area contributed by atoms with E-state index in [1.165, 1.54) is 5.06 Å². The second-order valence-electron chi connectivity index (χ2n) is 4.31. The Kier molecular flexibility index (Phi) is 3.43. The third kappa shape index (κ3) is 2.19. The fraction of sp³-hybridized carbons (Fsp3) is 0.818. The summed E-state index contributed by atoms with van der Waals surface area (Å²) in [5, 5.41) is 1.45. The zero-order chi connectivity index (χ0) is 11.5. The molecule has 2 aliphatic heterocycles. The van der Waals surface area contributed by atoms with Crippen molar-refractivity contribution < 1.29 is 14.4 Å². The molecule has 0 aromatic heterocycles. The molecular formula is C11H18N2O3. The molecular weight excluding hydrogens is 208 g/mol. The molecule has 0 aliphatic carbocycles. The highest BCUT2D eigenvalue weighted by Gasteiger charge is 2.36. The number of likely N-dealkylation sites (tertiary alicyclic amines) is 1. The summed E-state index contributed by atoms with van der Waals surface area (Å²) in [6, 6.07) is 0. The van der Waals surface area contributed by atoms with E-state index in [4.69, 9.17) is 4.84 Å². The molecule has 0 N–H and O–H groups in total. The van der Waals surface area contributed by atoms with Gasteiger partial charge in [-0.3, -0.25) is 14.4 Å². The molecule has 0 spiro atoms. The number of amides is 2. The zero-order valence-electron chi connectivity index (χ0n) is 9.65. The van der Waals surface area contributed by atoms with Crippen LogP contribution in [0.4, 0.5) is 0 Å². The van der Waals surface area contributed by atoms with E-state index in [9.17, 15) is 9.59 Å². The molecule has 2 rings (SSSR count). The lowest BCUT2D eigenvalue weighted by molar-refractivity contribution is -0.200. The first-order valence-electron chi connectivity index (χ1n) is 5.94. The summed E-state index contributed by atoms with van der Waals surface area (Å²) in [4.78, 5) is 30.6. The van der Waals surface area contributed by atoms with E-state index >= 15 is 0 Å². The van der Waals surface area contributed by atoms with Crippen LogP contribution in [0.2, 0.25) is 0 Å². The summed E-state index contributed by atoms with van der Waals surface area (Å²) in [5.74, 6) is -0.146. The third-order valence-corrected chi connectivity index (χ3v) is 3.19. The van der Waals surface area contributed by atoms with Crippen molar-refractivity contribution in [2.75, 3.05) is 26.2 Å². The molecule has 0 saturated carbocycles. The Hall–Kier alpha value is -1.10. The molecule has 2 aliphatic rings. The van der Waals surface area contributed by atoms with Crippen molar-refractivity contribution in [3.63, 3.8) is 0 Å². The summed E-state index contributed by atoms with van der Waals surface area (Å²) in [5.41, 5.74) is 0. The van der Waals surface area contributed by atoms with Gasteiger partial charge >= 0.3 is 0 Å². The van der Waals surface area contributed by atoms with Gasteiger partial charge in [0.2, 0.25) is 5.91 Å². The van der Waals surface area contributed by atoms with Crippen LogP contribution in [0.5, 0.6) is 0 Å². The summed E-state index contributed by atoms with van der Waals surface area (Å²) in [6.07, 6.45) is 2.34. The maximum atomic E-state index is 12.0. The lowest BCUT2D eigenvalue weighted by Crippen LogP contribution is -2.40. The van der Waals surface area contributed by atoms with E-state index in [0.717, 1.165) is 12.8 Å². The van der Waals surface area contributed by atoms with E-state index in [-0.39, 0.29) is 17.7 Å². The first-order valence-corrected chi connectivity index (χ1v) is 5.94. The zero-order valence-corrected chi connectivity index (χ0v) is 9.65. The average molecular weight is 226 g/mol. The number of hydrogen-bond acceptors (Lipinski definition) is 3. The topological polar surface area (TPSA) is 49.9 Å². The predicted octanol–water partition coefficient (Wildman–Crippen LogP) is 0.409. The molecule has 1 atom stereocenters. The Morgan fingerprint density at radius 2 is 2.31 bits per heavy atom. The second-order valence-corrected chi connectivity index (χ2v) is 4.31. The van der Waals surface area contributed by atoms with Crippen LogP contribution in [0.1, 0.15) is 26.2 Å². The Morgan fingerprint density at radius 1 is 1.50 bits per heavy atom. The van der Waals surface area contributed by atoms with Crippen molar-refractivity contribution >= 4 is 11.8 Å². The number of carbonyl (C=O) groups excluding carboxylic acids is 2. The van der Waals surface area contributed by atoms with Gasteiger partial charge in [0, 0.05) is 26.1 Å². The highest BCUT2D eigenvalue weighted by atomic mass is 16.7. The smallest absolute Gasteiger partial charge is 0.251 e. The highest BCUT2D eigenvalue weighted by molar-refractivity contribution is 5.88. The third-order valence-electron chi connectivity index (χ3n) is 3.19. The molecule has 5 nitrogen and oxygen atoms in total. The van der Waals surface area contributed by atoms with Crippen LogP contribution in [0.3, 0.4) is 0 Å². The minimum absolute atomic E-state index is 0.0241. The van der Waals surface area contributed by atoms with Crippen molar-refractivity contribution in [1.82, 2.24) is 9.96 Å². The normalized spacial score (nSPS) is 26.3. The van der Waals surface area contributed by atoms with Crippen LogP contribution >= 0.6 is 0 Å². The monoisotopic (exact) mass is 226 g/mol. The van der Waals surface area contributed by atoms with Gasteiger partial charge in [0.15, 0.2) is 0 Å². The molecule has 1 unspecified atom stereocenters. The molecule has 2 saturated heterocycles. The van der Waals surface area contributed by atoms with E-state index in [1.807, 2.05) is 6.92 Å². The van der Waals surface area contributed by atoms with Gasteiger partial charge in [-0.1, -0.05) is 0 Å². The minimum Gasteiger partial charge on any atom is -0.342 e. The molecule has 0 aromatic carbocycles. The Balaban J connectivity index is 1.92. The number of hydroxylamine groups is 2. The fourth-order valence-corrected chi connectivity index (χ4v) is 2.22. The van der Waals surface area contributed by atoms with Gasteiger partial charge < -0.3 is 4.90 Å². The van der Waals surface area contributed by atoms with Gasteiger partial charge in [-0.25, -0.2) is 5.06 Å². The van der Waals surface area contributed by atoms with E-state index < -0.39 is 0 Å². The molecule has 2 amide bonds. The van der Waals surface area contributed by atoms with Crippen LogP contribution < -0.4 is 0 Å². The van der Waals surface area contributed by atoms with Gasteiger partial charge in [-0.2, -0.15) is 0 Å². The Labute approximate surface area is 95.3 Å². The molecule has 90 valence electrons. The van der Waals surface area contributed by atoms with Gasteiger partial charge in [-0.05, 0) is 19.8 Å². The standard InChI is InChI=1S/C11H18N2O3/c1-2-12-8-9(7-10(12)14)11(15)13-5-3-4-6-16-13/h9H,2-8H2,1H3. The summed E-state index contributed by atoms with van der Waals surface area (Å²) in [7, 11) is 0. The van der Waals surface area contributed by atoms with E-state index in [0.29, 0.717) is 32.7 Å². The summed E-state index contributed by atoms with van der Waals surface area (Å²) < 4.78 is 0. The minimum atomic E-state index is -0.203. The maximum absolute atomic E-state index is 12.0. The first-order chi connectivity index (χ1) is 7.72. The van der Waals surface area contributed by atoms with Crippen molar-refractivity contribution in [3.05, 3.63) is 0 Å². The van der Waals surface area contributed by atoms with Crippen LogP contribution in [0.25, 0.3) is 0 Å². The summed E-state index contributed by atoms with van der Waals surface area (Å²) >= 11 is 0. The van der Waals surface area contributed by atoms with Crippen molar-refractivity contribution in [2.45, 2.75) is 26.2 Å². The second kappa shape index (κ2) is 4.82. The molecule has 0 aromatic rings. The average Bonchev–Trinajstić information content (AvgIpc) is 2.71. The fourth-order valence-electron chi connectivity index (χ4n) is 2.22. The van der Waals surface area contributed by atoms with Crippen LogP contribution in [0, 0.1) is 5.92 Å². The largest absolute Gasteiger partial charge is 0.342 e. The van der Waals surface area contributed by atoms with Crippen molar-refractivity contribution in [3.8, 4) is 0 Å². The maximum Gasteiger partial charge on any atom is 0.251 e. The predicted molar refractivity (Wildman–Crippen MR) is 57.3 cm³/mol. The highest BCUT2D eigenvalue weighted by Crippen LogP contribution is 2.21. The summed E-state index contributed by atoms with van der Waals surface area (Å²) in [6.45, 7) is 4.44. The van der Waals surface area contributed by atoms with Gasteiger partial charge in [-0.15, -0.1) is 0 Å². The first kappa shape index (κ1) is 11.4. The van der Waals surface area contributed by atoms with Crippen LogP contribution in [-0.4, -0.2) is 48.0 Å². The molecule has 2 fully saturated rings. The van der Waals surface area contributed by atoms with Gasteiger partial charge in [0.05, 0.1) is 12.5 Å². The van der Waals surface area contributed by atoms with Gasteiger partial charge in [0.25, 0.3) is 5.91 Å². The SMILES string of the molecule is CCN1CC(C(=O)N2CCCCO2)CC1=O. The van der Waals surface area contributed by atoms with E-state index in [2.05, 4.69) is 0 Å². The lowest BCUT2D eigenvalue weighted by atomic mass is 10.1. The number of rotatable bonds is 2. The van der Waals surface area contributed by atoms with E-state index in [1.54, 1.807) is 4.90 Å². The molecule has 5 heteroatoms. The van der Waals surface area contributed by atoms with Gasteiger partial charge in [0.1, 0.15) is 0 Å². The number of hydrogen-bond donors (Lipinski definition) is 0. The van der Waals surface area contributed by atoms with Crippen molar-refractivity contribution in [1.29, 1.82) is 0 Å². The molecule has 0 bridgehead atoms. The Bertz CT molecular complexity index is 287.